The van der Waals surface area contributed by atoms with Crippen molar-refractivity contribution in [1.82, 2.24) is 4.90 Å². The monoisotopic (exact) mass is 468 g/mol. The minimum atomic E-state index is -0.134. The molecule has 0 unspecified atom stereocenters. The molecule has 0 spiro atoms. The SMILES string of the molecule is O=C(Nc1ccc2c(c1)OCO2)C1CCN(C(=O)/C=C/c2sc3ccccc3c2Cl)CC1. The van der Waals surface area contributed by atoms with Crippen molar-refractivity contribution in [2.24, 2.45) is 5.92 Å². The third-order valence-corrected chi connectivity index (χ3v) is 7.41. The summed E-state index contributed by atoms with van der Waals surface area (Å²) in [5, 5.41) is 4.62. The molecule has 1 saturated heterocycles. The fourth-order valence-corrected chi connectivity index (χ4v) is 5.37. The average Bonchev–Trinajstić information content (AvgIpc) is 3.41. The zero-order chi connectivity index (χ0) is 22.1. The number of piperidine rings is 1. The number of likely N-dealkylation sites (tertiary alicyclic amines) is 1. The number of carbonyl (C=O) groups is 2. The molecule has 3 heterocycles. The summed E-state index contributed by atoms with van der Waals surface area (Å²) in [6, 6.07) is 13.3. The molecule has 2 aliphatic heterocycles. The van der Waals surface area contributed by atoms with E-state index in [-0.39, 0.29) is 24.5 Å². The first-order chi connectivity index (χ1) is 15.6. The summed E-state index contributed by atoms with van der Waals surface area (Å²) in [6.07, 6.45) is 4.61. The van der Waals surface area contributed by atoms with Gasteiger partial charge in [0.2, 0.25) is 18.6 Å². The molecule has 2 amide bonds. The second-order valence-corrected chi connectivity index (χ2v) is 9.23. The van der Waals surface area contributed by atoms with Crippen LogP contribution in [0.2, 0.25) is 5.02 Å². The number of hydrogen-bond acceptors (Lipinski definition) is 5. The van der Waals surface area contributed by atoms with E-state index >= 15 is 0 Å². The summed E-state index contributed by atoms with van der Waals surface area (Å²) in [5.41, 5.74) is 0.681. The zero-order valence-corrected chi connectivity index (χ0v) is 18.7. The highest BCUT2D eigenvalue weighted by Gasteiger charge is 2.27. The molecule has 3 aromatic rings. The largest absolute Gasteiger partial charge is 0.454 e. The molecule has 5 rings (SSSR count). The van der Waals surface area contributed by atoms with Gasteiger partial charge in [0.1, 0.15) is 0 Å². The Kier molecular flexibility index (Phi) is 5.76. The number of hydrogen-bond donors (Lipinski definition) is 1. The van der Waals surface area contributed by atoms with Gasteiger partial charge in [-0.15, -0.1) is 11.3 Å². The van der Waals surface area contributed by atoms with Gasteiger partial charge in [0, 0.05) is 51.8 Å². The van der Waals surface area contributed by atoms with Crippen LogP contribution in [0, 0.1) is 5.92 Å². The quantitative estimate of drug-likeness (QED) is 0.536. The third-order valence-electron chi connectivity index (χ3n) is 5.75. The number of nitrogens with one attached hydrogen (secondary N) is 1. The highest BCUT2D eigenvalue weighted by atomic mass is 35.5. The predicted octanol–water partition coefficient (Wildman–Crippen LogP) is 5.17. The molecule has 8 heteroatoms. The molecule has 0 atom stereocenters. The van der Waals surface area contributed by atoms with Crippen molar-refractivity contribution in [3.63, 3.8) is 0 Å². The summed E-state index contributed by atoms with van der Waals surface area (Å²) in [7, 11) is 0. The molecule has 1 aromatic heterocycles. The van der Waals surface area contributed by atoms with Gasteiger partial charge in [-0.25, -0.2) is 0 Å². The van der Waals surface area contributed by atoms with Crippen LogP contribution in [0.4, 0.5) is 5.69 Å². The molecular weight excluding hydrogens is 448 g/mol. The van der Waals surface area contributed by atoms with Crippen molar-refractivity contribution >= 4 is 56.6 Å². The van der Waals surface area contributed by atoms with E-state index in [4.69, 9.17) is 21.1 Å². The molecule has 2 aromatic carbocycles. The maximum atomic E-state index is 12.7. The third kappa shape index (κ3) is 4.18. The Morgan fingerprint density at radius 3 is 2.69 bits per heavy atom. The van der Waals surface area contributed by atoms with Crippen LogP contribution in [0.25, 0.3) is 16.2 Å². The van der Waals surface area contributed by atoms with Crippen LogP contribution in [0.1, 0.15) is 17.7 Å². The maximum absolute atomic E-state index is 12.7. The van der Waals surface area contributed by atoms with Crippen LogP contribution >= 0.6 is 22.9 Å². The van der Waals surface area contributed by atoms with Gasteiger partial charge in [-0.05, 0) is 37.1 Å². The van der Waals surface area contributed by atoms with Gasteiger partial charge in [-0.2, -0.15) is 0 Å². The molecule has 32 heavy (non-hydrogen) atoms. The first-order valence-corrected chi connectivity index (χ1v) is 11.6. The van der Waals surface area contributed by atoms with Crippen molar-refractivity contribution in [3.05, 3.63) is 58.4 Å². The van der Waals surface area contributed by atoms with E-state index in [2.05, 4.69) is 5.32 Å². The number of rotatable bonds is 4. The highest BCUT2D eigenvalue weighted by Crippen LogP contribution is 2.36. The maximum Gasteiger partial charge on any atom is 0.246 e. The molecule has 0 bridgehead atoms. The average molecular weight is 469 g/mol. The molecule has 164 valence electrons. The molecule has 2 aliphatic rings. The first-order valence-electron chi connectivity index (χ1n) is 10.4. The van der Waals surface area contributed by atoms with Crippen molar-refractivity contribution in [1.29, 1.82) is 0 Å². The number of thiophene rings is 1. The Labute approximate surface area is 194 Å². The number of ether oxygens (including phenoxy) is 2. The fourth-order valence-electron chi connectivity index (χ4n) is 3.97. The lowest BCUT2D eigenvalue weighted by atomic mass is 9.95. The molecule has 0 saturated carbocycles. The van der Waals surface area contributed by atoms with Crippen LogP contribution in [0.3, 0.4) is 0 Å². The summed E-state index contributed by atoms with van der Waals surface area (Å²) in [5.74, 6) is 1.08. The second-order valence-electron chi connectivity index (χ2n) is 7.77. The Morgan fingerprint density at radius 1 is 1.09 bits per heavy atom. The summed E-state index contributed by atoms with van der Waals surface area (Å²) >= 11 is 8.02. The second kappa shape index (κ2) is 8.84. The number of fused-ring (bicyclic) bond motifs is 2. The predicted molar refractivity (Wildman–Crippen MR) is 126 cm³/mol. The lowest BCUT2D eigenvalue weighted by Gasteiger charge is -2.30. The Hall–Kier alpha value is -3.03. The van der Waals surface area contributed by atoms with Gasteiger partial charge in [-0.3, -0.25) is 9.59 Å². The molecule has 1 fully saturated rings. The smallest absolute Gasteiger partial charge is 0.246 e. The van der Waals surface area contributed by atoms with E-state index in [9.17, 15) is 9.59 Å². The van der Waals surface area contributed by atoms with Crippen LogP contribution < -0.4 is 14.8 Å². The van der Waals surface area contributed by atoms with Crippen molar-refractivity contribution in [2.45, 2.75) is 12.8 Å². The number of carbonyl (C=O) groups excluding carboxylic acids is 2. The van der Waals surface area contributed by atoms with Crippen molar-refractivity contribution in [3.8, 4) is 11.5 Å². The molecule has 1 N–H and O–H groups in total. The number of nitrogens with zero attached hydrogens (tertiary/aromatic N) is 1. The zero-order valence-electron chi connectivity index (χ0n) is 17.2. The van der Waals surface area contributed by atoms with E-state index < -0.39 is 0 Å². The van der Waals surface area contributed by atoms with E-state index in [0.717, 1.165) is 15.0 Å². The van der Waals surface area contributed by atoms with Crippen LogP contribution in [-0.2, 0) is 9.59 Å². The lowest BCUT2D eigenvalue weighted by Crippen LogP contribution is -2.40. The Morgan fingerprint density at radius 2 is 1.88 bits per heavy atom. The van der Waals surface area contributed by atoms with E-state index in [0.29, 0.717) is 48.1 Å². The van der Waals surface area contributed by atoms with Crippen molar-refractivity contribution < 1.29 is 19.1 Å². The number of halogens is 1. The van der Waals surface area contributed by atoms with Crippen LogP contribution in [0.5, 0.6) is 11.5 Å². The molecule has 0 aliphatic carbocycles. The van der Waals surface area contributed by atoms with Gasteiger partial charge in [-0.1, -0.05) is 29.8 Å². The highest BCUT2D eigenvalue weighted by molar-refractivity contribution is 7.20. The van der Waals surface area contributed by atoms with Gasteiger partial charge >= 0.3 is 0 Å². The lowest BCUT2D eigenvalue weighted by molar-refractivity contribution is -0.130. The van der Waals surface area contributed by atoms with E-state index in [1.165, 1.54) is 0 Å². The number of anilines is 1. The van der Waals surface area contributed by atoms with Crippen LogP contribution in [0.15, 0.2) is 48.5 Å². The van der Waals surface area contributed by atoms with Crippen LogP contribution in [-0.4, -0.2) is 36.6 Å². The number of benzene rings is 2. The Bertz CT molecular complexity index is 1210. The molecule has 6 nitrogen and oxygen atoms in total. The van der Waals surface area contributed by atoms with Gasteiger partial charge in [0.25, 0.3) is 0 Å². The molecule has 0 radical (unpaired) electrons. The summed E-state index contributed by atoms with van der Waals surface area (Å²) in [6.45, 7) is 1.29. The van der Waals surface area contributed by atoms with Gasteiger partial charge < -0.3 is 19.7 Å². The summed E-state index contributed by atoms with van der Waals surface area (Å²) in [4.78, 5) is 28.0. The first kappa shape index (κ1) is 20.8. The molecular formula is C24H21ClN2O4S. The van der Waals surface area contributed by atoms with E-state index in [1.54, 1.807) is 46.6 Å². The van der Waals surface area contributed by atoms with E-state index in [1.807, 2.05) is 24.3 Å². The Balaban J connectivity index is 1.16. The van der Waals surface area contributed by atoms with Gasteiger partial charge in [0.15, 0.2) is 11.5 Å². The van der Waals surface area contributed by atoms with Gasteiger partial charge in [0.05, 0.1) is 5.02 Å². The minimum absolute atomic E-state index is 0.0384. The topological polar surface area (TPSA) is 67.9 Å². The summed E-state index contributed by atoms with van der Waals surface area (Å²) < 4.78 is 11.7. The standard InChI is InChI=1S/C24H21ClN2O4S/c25-23-17-3-1-2-4-20(17)32-21(23)7-8-22(28)27-11-9-15(10-12-27)24(29)26-16-5-6-18-19(13-16)31-14-30-18/h1-8,13,15H,9-12,14H2,(H,26,29)/b8-7+. The normalized spacial score (nSPS) is 16.1. The number of amides is 2. The van der Waals surface area contributed by atoms with Crippen molar-refractivity contribution in [2.75, 3.05) is 25.2 Å². The minimum Gasteiger partial charge on any atom is -0.454 e. The fraction of sp³-hybridized carbons (Fsp3) is 0.250.